The Balaban J connectivity index is 2.05. The van der Waals surface area contributed by atoms with Crippen LogP contribution in [0.2, 0.25) is 5.02 Å². The van der Waals surface area contributed by atoms with Gasteiger partial charge < -0.3 is 9.51 Å². The van der Waals surface area contributed by atoms with Crippen LogP contribution in [0.3, 0.4) is 0 Å². The van der Waals surface area contributed by atoms with Crippen molar-refractivity contribution in [3.8, 4) is 0 Å². The number of hydrogen-bond donors (Lipinski definition) is 2. The molecule has 19 heavy (non-hydrogen) atoms. The van der Waals surface area contributed by atoms with E-state index in [1.165, 1.54) is 6.33 Å². The monoisotopic (exact) mass is 304 g/mol. The summed E-state index contributed by atoms with van der Waals surface area (Å²) >= 11 is 5.57. The lowest BCUT2D eigenvalue weighted by Gasteiger charge is -2.05. The number of hydrogen-bond acceptors (Lipinski definition) is 6. The van der Waals surface area contributed by atoms with E-state index in [1.807, 2.05) is 0 Å². The quantitative estimate of drug-likeness (QED) is 0.798. The summed E-state index contributed by atoms with van der Waals surface area (Å²) in [5.74, 6) is 0.321. The molecule has 0 fully saturated rings. The largest absolute Gasteiger partial charge is 0.340 e. The van der Waals surface area contributed by atoms with Gasteiger partial charge in [0.15, 0.2) is 6.33 Å². The number of nitrogens with zero attached hydrogens (tertiary/aromatic N) is 2. The molecule has 2 aromatic heterocycles. The maximum atomic E-state index is 11.9. The van der Waals surface area contributed by atoms with Crippen LogP contribution in [-0.2, 0) is 16.4 Å². The van der Waals surface area contributed by atoms with E-state index < -0.39 is 15.6 Å². The molecule has 0 radical (unpaired) electrons. The molecular weight excluding hydrogens is 296 g/mol. The fourth-order valence-electron chi connectivity index (χ4n) is 1.27. The molecule has 102 valence electrons. The minimum absolute atomic E-state index is 0.0846. The van der Waals surface area contributed by atoms with Gasteiger partial charge in [0, 0.05) is 19.2 Å². The summed E-state index contributed by atoms with van der Waals surface area (Å²) in [6.07, 6.45) is 2.56. The molecule has 8 nitrogen and oxygen atoms in total. The highest BCUT2D eigenvalue weighted by atomic mass is 35.5. The molecule has 2 N–H and O–H groups in total. The molecule has 0 spiro atoms. The van der Waals surface area contributed by atoms with E-state index >= 15 is 0 Å². The Morgan fingerprint density at radius 3 is 2.89 bits per heavy atom. The normalized spacial score (nSPS) is 11.6. The molecular formula is C9H9ClN4O4S. The first kappa shape index (κ1) is 13.7. The summed E-state index contributed by atoms with van der Waals surface area (Å²) in [5.41, 5.74) is -0.550. The zero-order chi connectivity index (χ0) is 13.9. The molecule has 0 saturated heterocycles. The van der Waals surface area contributed by atoms with Crippen molar-refractivity contribution in [3.05, 3.63) is 39.9 Å². The summed E-state index contributed by atoms with van der Waals surface area (Å²) in [4.78, 5) is 16.9. The van der Waals surface area contributed by atoms with Crippen molar-refractivity contribution in [1.82, 2.24) is 19.8 Å². The topological polar surface area (TPSA) is 118 Å². The highest BCUT2D eigenvalue weighted by Gasteiger charge is 2.15. The number of pyridine rings is 1. The number of sulfonamides is 1. The number of halogens is 1. The smallest absolute Gasteiger partial charge is 0.266 e. The average Bonchev–Trinajstić information content (AvgIpc) is 2.85. The number of nitrogens with one attached hydrogen (secondary N) is 2. The second-order valence-electron chi connectivity index (χ2n) is 3.50. The molecule has 0 aliphatic carbocycles. The van der Waals surface area contributed by atoms with Crippen LogP contribution in [-0.4, -0.2) is 30.1 Å². The van der Waals surface area contributed by atoms with Gasteiger partial charge in [-0.2, -0.15) is 4.98 Å². The summed E-state index contributed by atoms with van der Waals surface area (Å²) in [7, 11) is -3.75. The van der Waals surface area contributed by atoms with Crippen molar-refractivity contribution in [3.63, 3.8) is 0 Å². The molecule has 0 aromatic carbocycles. The van der Waals surface area contributed by atoms with Crippen molar-refractivity contribution < 1.29 is 12.9 Å². The summed E-state index contributed by atoms with van der Waals surface area (Å²) in [6, 6.07) is 1.08. The molecule has 2 rings (SSSR count). The van der Waals surface area contributed by atoms with E-state index in [0.717, 1.165) is 12.3 Å². The third kappa shape index (κ3) is 3.40. The van der Waals surface area contributed by atoms with Gasteiger partial charge in [0.2, 0.25) is 15.9 Å². The second-order valence-corrected chi connectivity index (χ2v) is 5.67. The SMILES string of the molecule is O=c1[nH]cc(S(=O)(=O)NCCc2ncno2)cc1Cl. The van der Waals surface area contributed by atoms with E-state index in [4.69, 9.17) is 16.1 Å². The van der Waals surface area contributed by atoms with Crippen molar-refractivity contribution in [2.24, 2.45) is 0 Å². The minimum Gasteiger partial charge on any atom is -0.340 e. The van der Waals surface area contributed by atoms with Gasteiger partial charge in [0.25, 0.3) is 5.56 Å². The zero-order valence-electron chi connectivity index (χ0n) is 9.46. The zero-order valence-corrected chi connectivity index (χ0v) is 11.0. The molecule has 10 heteroatoms. The van der Waals surface area contributed by atoms with Crippen LogP contribution in [0, 0.1) is 0 Å². The molecule has 0 atom stereocenters. The Morgan fingerprint density at radius 1 is 1.47 bits per heavy atom. The van der Waals surface area contributed by atoms with Crippen molar-refractivity contribution in [2.45, 2.75) is 11.3 Å². The number of H-pyrrole nitrogens is 1. The Kier molecular flexibility index (Phi) is 3.98. The van der Waals surface area contributed by atoms with Crippen molar-refractivity contribution in [2.75, 3.05) is 6.54 Å². The first-order valence-corrected chi connectivity index (χ1v) is 6.98. The highest BCUT2D eigenvalue weighted by Crippen LogP contribution is 2.10. The van der Waals surface area contributed by atoms with Gasteiger partial charge in [0.05, 0.1) is 4.90 Å². The summed E-state index contributed by atoms with van der Waals surface area (Å²) in [6.45, 7) is 0.0846. The fraction of sp³-hybridized carbons (Fsp3) is 0.222. The first-order chi connectivity index (χ1) is 8.99. The lowest BCUT2D eigenvalue weighted by Crippen LogP contribution is -2.26. The molecule has 2 heterocycles. The van der Waals surface area contributed by atoms with Gasteiger partial charge >= 0.3 is 0 Å². The molecule has 0 unspecified atom stereocenters. The van der Waals surface area contributed by atoms with Crippen LogP contribution in [0.5, 0.6) is 0 Å². The third-order valence-corrected chi connectivity index (χ3v) is 3.90. The highest BCUT2D eigenvalue weighted by molar-refractivity contribution is 7.89. The van der Waals surface area contributed by atoms with Crippen molar-refractivity contribution >= 4 is 21.6 Å². The Labute approximate surface area is 112 Å². The molecule has 0 bridgehead atoms. The van der Waals surface area contributed by atoms with Gasteiger partial charge in [-0.25, -0.2) is 13.1 Å². The third-order valence-electron chi connectivity index (χ3n) is 2.18. The minimum atomic E-state index is -3.75. The van der Waals surface area contributed by atoms with Gasteiger partial charge in [-0.1, -0.05) is 16.8 Å². The van der Waals surface area contributed by atoms with Gasteiger partial charge in [-0.3, -0.25) is 4.79 Å². The molecule has 0 aliphatic rings. The van der Waals surface area contributed by atoms with Crippen LogP contribution in [0.1, 0.15) is 5.89 Å². The fourth-order valence-corrected chi connectivity index (χ4v) is 2.54. The van der Waals surface area contributed by atoms with Gasteiger partial charge in [-0.15, -0.1) is 0 Å². The van der Waals surface area contributed by atoms with Crippen LogP contribution in [0.4, 0.5) is 0 Å². The summed E-state index contributed by atoms with van der Waals surface area (Å²) in [5, 5.41) is 3.20. The standard InChI is InChI=1S/C9H9ClN4O4S/c10-7-3-6(4-11-9(7)15)19(16,17)14-2-1-8-12-5-13-18-8/h3-5,14H,1-2H2,(H,11,15). The van der Waals surface area contributed by atoms with Crippen LogP contribution >= 0.6 is 11.6 Å². The molecule has 2 aromatic rings. The molecule has 0 amide bonds. The Hall–Kier alpha value is -1.71. The Morgan fingerprint density at radius 2 is 2.26 bits per heavy atom. The maximum absolute atomic E-state index is 11.9. The van der Waals surface area contributed by atoms with Gasteiger partial charge in [-0.05, 0) is 6.07 Å². The number of aromatic nitrogens is 3. The van der Waals surface area contributed by atoms with E-state index in [0.29, 0.717) is 5.89 Å². The predicted molar refractivity (Wildman–Crippen MR) is 65.3 cm³/mol. The van der Waals surface area contributed by atoms with Crippen molar-refractivity contribution in [1.29, 1.82) is 0 Å². The first-order valence-electron chi connectivity index (χ1n) is 5.12. The lowest BCUT2D eigenvalue weighted by atomic mass is 10.4. The van der Waals surface area contributed by atoms with Gasteiger partial charge in [0.1, 0.15) is 5.02 Å². The van der Waals surface area contributed by atoms with Crippen LogP contribution in [0.25, 0.3) is 0 Å². The Bertz CT molecular complexity index is 710. The maximum Gasteiger partial charge on any atom is 0.266 e. The van der Waals surface area contributed by atoms with Crippen LogP contribution < -0.4 is 10.3 Å². The van der Waals surface area contributed by atoms with E-state index in [1.54, 1.807) is 0 Å². The number of aromatic amines is 1. The average molecular weight is 305 g/mol. The van der Waals surface area contributed by atoms with E-state index in [2.05, 4.69) is 19.8 Å². The molecule has 0 saturated carbocycles. The second kappa shape index (κ2) is 5.51. The van der Waals surface area contributed by atoms with E-state index in [-0.39, 0.29) is 22.9 Å². The predicted octanol–water partition coefficient (Wildman–Crippen LogP) is -0.0677. The van der Waals surface area contributed by atoms with E-state index in [9.17, 15) is 13.2 Å². The molecule has 0 aliphatic heterocycles. The lowest BCUT2D eigenvalue weighted by molar-refractivity contribution is 0.377. The summed E-state index contributed by atoms with van der Waals surface area (Å²) < 4.78 is 30.8. The number of rotatable bonds is 5. The van der Waals surface area contributed by atoms with Crippen LogP contribution in [0.15, 0.2) is 32.8 Å².